The van der Waals surface area contributed by atoms with Gasteiger partial charge in [-0.1, -0.05) is 0 Å². The second-order valence-corrected chi connectivity index (χ2v) is 15.8. The van der Waals surface area contributed by atoms with Crippen LogP contribution in [0.15, 0.2) is 48.5 Å². The molecule has 128 valence electrons. The molecule has 0 N–H and O–H groups in total. The van der Waals surface area contributed by atoms with Crippen LogP contribution in [0.4, 0.5) is 0 Å². The zero-order chi connectivity index (χ0) is 16.6. The molecule has 0 fully saturated rings. The van der Waals surface area contributed by atoms with Crippen LogP contribution in [0.5, 0.6) is 11.5 Å². The third-order valence-electron chi connectivity index (χ3n) is 2.22. The molecule has 5 heteroatoms. The van der Waals surface area contributed by atoms with Crippen LogP contribution in [0.1, 0.15) is 0 Å². The van der Waals surface area contributed by atoms with E-state index in [9.17, 15) is 0 Å². The fourth-order valence-corrected chi connectivity index (χ4v) is 3.27. The van der Waals surface area contributed by atoms with Crippen molar-refractivity contribution >= 4 is 16.6 Å². The molecule has 23 heavy (non-hydrogen) atoms. The van der Waals surface area contributed by atoms with Crippen LogP contribution >= 0.6 is 0 Å². The predicted molar refractivity (Wildman–Crippen MR) is 98.5 cm³/mol. The third-order valence-corrected chi connectivity index (χ3v) is 3.92. The quantitative estimate of drug-likeness (QED) is 0.393. The minimum absolute atomic E-state index is 0. The Hall–Kier alpha value is -0.838. The molecule has 0 bridgehead atoms. The molecule has 0 aromatic heterocycles. The maximum absolute atomic E-state index is 5.72. The average molecular weight is 526 g/mol. The summed E-state index contributed by atoms with van der Waals surface area (Å²) < 4.78 is 11.4. The zero-order valence-corrected chi connectivity index (χ0v) is 19.0. The third kappa shape index (κ3) is 12.3. The first kappa shape index (κ1) is 22.2. The first-order valence-corrected chi connectivity index (χ1v) is 14.3. The van der Waals surface area contributed by atoms with Gasteiger partial charge in [-0.15, -0.1) is 24.3 Å². The predicted octanol–water partition coefficient (Wildman–Crippen LogP) is 5.40. The first-order chi connectivity index (χ1) is 10.2. The Bertz CT molecular complexity index is 483. The van der Waals surface area contributed by atoms with E-state index in [2.05, 4.69) is 51.4 Å². The molecule has 0 aliphatic carbocycles. The van der Waals surface area contributed by atoms with Gasteiger partial charge in [-0.25, -0.2) is 0 Å². The monoisotopic (exact) mass is 525 g/mol. The fraction of sp³-hybridized carbons (Fsp3) is 0.333. The minimum atomic E-state index is -1.41. The number of hydrogen-bond acceptors (Lipinski definition) is 2. The van der Waals surface area contributed by atoms with Gasteiger partial charge in [-0.05, 0) is 50.8 Å². The van der Waals surface area contributed by atoms with Gasteiger partial charge >= 0.3 is 21.1 Å². The molecule has 0 amide bonds. The molecule has 0 unspecified atom stereocenters. The Morgan fingerprint density at radius 1 is 0.609 bits per heavy atom. The maximum Gasteiger partial charge on any atom is 2.00 e. The van der Waals surface area contributed by atoms with Crippen LogP contribution in [0, 0.1) is 12.1 Å². The van der Waals surface area contributed by atoms with E-state index in [1.165, 1.54) is 0 Å². The van der Waals surface area contributed by atoms with E-state index in [-0.39, 0.29) is 21.1 Å². The Kier molecular flexibility index (Phi) is 9.75. The molecule has 2 nitrogen and oxygen atoms in total. The molecule has 2 rings (SSSR count). The Balaban J connectivity index is 0.000000403. The van der Waals surface area contributed by atoms with Crippen molar-refractivity contribution in [2.24, 2.45) is 0 Å². The summed E-state index contributed by atoms with van der Waals surface area (Å²) in [4.78, 5) is 0. The minimum Gasteiger partial charge on any atom is -0.565 e. The second-order valence-electron chi connectivity index (χ2n) is 6.90. The summed E-state index contributed by atoms with van der Waals surface area (Å²) >= 11 is 0. The van der Waals surface area contributed by atoms with Crippen molar-refractivity contribution < 1.29 is 29.9 Å². The van der Waals surface area contributed by atoms with Crippen molar-refractivity contribution in [1.29, 1.82) is 0 Å². The van der Waals surface area contributed by atoms with E-state index in [4.69, 9.17) is 8.85 Å². The van der Waals surface area contributed by atoms with Crippen molar-refractivity contribution in [2.45, 2.75) is 39.3 Å². The van der Waals surface area contributed by atoms with Crippen LogP contribution in [-0.2, 0) is 21.1 Å². The summed E-state index contributed by atoms with van der Waals surface area (Å²) in [7, 11) is -2.82. The number of benzene rings is 2. The molecule has 0 radical (unpaired) electrons. The van der Waals surface area contributed by atoms with Gasteiger partial charge in [-0.3, -0.25) is 0 Å². The van der Waals surface area contributed by atoms with Gasteiger partial charge in [0.1, 0.15) is 0 Å². The standard InChI is InChI=1S/2C9H13OSi.Pt/c2*1-11(2,3)10-9-7-5-4-6-8-9;/h2*5-8H,1-3H3;/q2*-1;+2. The normalized spacial score (nSPS) is 10.7. The maximum atomic E-state index is 5.72. The Morgan fingerprint density at radius 2 is 0.870 bits per heavy atom. The number of rotatable bonds is 4. The van der Waals surface area contributed by atoms with Crippen molar-refractivity contribution in [2.75, 3.05) is 0 Å². The van der Waals surface area contributed by atoms with Gasteiger partial charge in [0.05, 0.1) is 0 Å². The van der Waals surface area contributed by atoms with Crippen molar-refractivity contribution in [3.05, 3.63) is 60.7 Å². The van der Waals surface area contributed by atoms with Crippen molar-refractivity contribution in [1.82, 2.24) is 0 Å². The molecule has 0 aliphatic rings. The molecule has 2 aromatic rings. The summed E-state index contributed by atoms with van der Waals surface area (Å²) in [6.07, 6.45) is 0. The summed E-state index contributed by atoms with van der Waals surface area (Å²) in [6, 6.07) is 21.2. The molecule has 0 aliphatic heterocycles. The SMILES string of the molecule is C[Si](C)(C)Oc1cc[c-]cc1.C[Si](C)(C)Oc1cc[c-]cc1.[Pt+2]. The molecule has 0 spiro atoms. The molecule has 2 aromatic carbocycles. The van der Waals surface area contributed by atoms with E-state index >= 15 is 0 Å². The Morgan fingerprint density at radius 3 is 1.09 bits per heavy atom. The molecular formula is C18H26O2PtSi2. The van der Waals surface area contributed by atoms with Gasteiger partial charge in [0.15, 0.2) is 0 Å². The summed E-state index contributed by atoms with van der Waals surface area (Å²) in [6.45, 7) is 13.0. The molecular weight excluding hydrogens is 499 g/mol. The van der Waals surface area contributed by atoms with Gasteiger partial charge < -0.3 is 8.85 Å². The summed E-state index contributed by atoms with van der Waals surface area (Å²) in [5.74, 6) is 1.92. The molecule has 0 heterocycles. The van der Waals surface area contributed by atoms with E-state index in [1.807, 2.05) is 48.5 Å². The van der Waals surface area contributed by atoms with Crippen LogP contribution in [-0.4, -0.2) is 16.6 Å². The van der Waals surface area contributed by atoms with Crippen molar-refractivity contribution in [3.8, 4) is 11.5 Å². The van der Waals surface area contributed by atoms with Crippen LogP contribution < -0.4 is 8.85 Å². The average Bonchev–Trinajstić information content (AvgIpc) is 2.38. The topological polar surface area (TPSA) is 18.5 Å². The van der Waals surface area contributed by atoms with Gasteiger partial charge in [0.25, 0.3) is 0 Å². The largest absolute Gasteiger partial charge is 2.00 e. The van der Waals surface area contributed by atoms with Crippen LogP contribution in [0.2, 0.25) is 39.3 Å². The molecule has 0 saturated carbocycles. The van der Waals surface area contributed by atoms with E-state index in [0.29, 0.717) is 0 Å². The van der Waals surface area contributed by atoms with Gasteiger partial charge in [0, 0.05) is 0 Å². The molecule has 0 saturated heterocycles. The van der Waals surface area contributed by atoms with Gasteiger partial charge in [0.2, 0.25) is 16.6 Å². The Labute approximate surface area is 157 Å². The summed E-state index contributed by atoms with van der Waals surface area (Å²) in [5.41, 5.74) is 0. The van der Waals surface area contributed by atoms with E-state index < -0.39 is 16.6 Å². The molecule has 0 atom stereocenters. The number of hydrogen-bond donors (Lipinski definition) is 0. The van der Waals surface area contributed by atoms with Crippen LogP contribution in [0.3, 0.4) is 0 Å². The smallest absolute Gasteiger partial charge is 0.565 e. The van der Waals surface area contributed by atoms with Gasteiger partial charge in [-0.2, -0.15) is 36.4 Å². The first-order valence-electron chi connectivity index (χ1n) is 7.46. The van der Waals surface area contributed by atoms with Crippen molar-refractivity contribution in [3.63, 3.8) is 0 Å². The van der Waals surface area contributed by atoms with E-state index in [0.717, 1.165) is 11.5 Å². The summed E-state index contributed by atoms with van der Waals surface area (Å²) in [5, 5.41) is 0. The fourth-order valence-electron chi connectivity index (χ4n) is 1.59. The van der Waals surface area contributed by atoms with E-state index in [1.54, 1.807) is 0 Å². The second kappa shape index (κ2) is 10.1. The van der Waals surface area contributed by atoms with Crippen LogP contribution in [0.25, 0.3) is 0 Å². The zero-order valence-electron chi connectivity index (χ0n) is 14.8.